The van der Waals surface area contributed by atoms with E-state index in [2.05, 4.69) is 16.8 Å². The van der Waals surface area contributed by atoms with E-state index in [9.17, 15) is 4.79 Å². The van der Waals surface area contributed by atoms with Crippen LogP contribution in [0.15, 0.2) is 0 Å². The Bertz CT molecular complexity index is 331. The van der Waals surface area contributed by atoms with Gasteiger partial charge in [-0.15, -0.1) is 0 Å². The minimum absolute atomic E-state index is 0.181. The third kappa shape index (κ3) is 2.78. The molecule has 0 aromatic rings. The Balaban J connectivity index is 1.61. The molecule has 0 aromatic heterocycles. The Morgan fingerprint density at radius 2 is 1.89 bits per heavy atom. The highest BCUT2D eigenvalue weighted by atomic mass is 16.5. The zero-order valence-corrected chi connectivity index (χ0v) is 11.7. The third-order valence-electron chi connectivity index (χ3n) is 4.74. The van der Waals surface area contributed by atoms with Crippen LogP contribution < -0.4 is 0 Å². The highest BCUT2D eigenvalue weighted by Gasteiger charge is 2.38. The van der Waals surface area contributed by atoms with Crippen molar-refractivity contribution in [2.45, 2.75) is 31.4 Å². The minimum Gasteiger partial charge on any atom is -0.381 e. The van der Waals surface area contributed by atoms with Crippen molar-refractivity contribution in [1.29, 1.82) is 0 Å². The first-order chi connectivity index (χ1) is 9.25. The van der Waals surface area contributed by atoms with E-state index < -0.39 is 0 Å². The third-order valence-corrected chi connectivity index (χ3v) is 4.74. The summed E-state index contributed by atoms with van der Waals surface area (Å²) >= 11 is 0. The number of rotatable bonds is 1. The smallest absolute Gasteiger partial charge is 0.225 e. The van der Waals surface area contributed by atoms with Gasteiger partial charge in [-0.2, -0.15) is 0 Å². The number of morpholine rings is 1. The lowest BCUT2D eigenvalue weighted by Crippen LogP contribution is -2.60. The number of likely N-dealkylation sites (N-methyl/N-ethyl adjacent to an activating group) is 1. The van der Waals surface area contributed by atoms with E-state index in [0.717, 1.165) is 58.7 Å². The molecule has 2 atom stereocenters. The van der Waals surface area contributed by atoms with Crippen molar-refractivity contribution in [2.24, 2.45) is 5.92 Å². The molecule has 1 amide bonds. The van der Waals surface area contributed by atoms with Crippen molar-refractivity contribution in [3.63, 3.8) is 0 Å². The summed E-state index contributed by atoms with van der Waals surface area (Å²) in [5.74, 6) is 0.515. The Morgan fingerprint density at radius 3 is 2.68 bits per heavy atom. The molecule has 0 aromatic carbocycles. The van der Waals surface area contributed by atoms with Crippen LogP contribution in [0.4, 0.5) is 0 Å². The molecule has 0 radical (unpaired) electrons. The molecular weight excluding hydrogens is 244 g/mol. The van der Waals surface area contributed by atoms with Crippen LogP contribution in [-0.2, 0) is 14.3 Å². The predicted octanol–water partition coefficient (Wildman–Crippen LogP) is 0.345. The Kier molecular flexibility index (Phi) is 4.05. The fourth-order valence-corrected chi connectivity index (χ4v) is 3.44. The van der Waals surface area contributed by atoms with Crippen LogP contribution in [-0.4, -0.2) is 74.4 Å². The number of piperidine rings is 1. The standard InChI is InChI=1S/C14H24N2O3/c1-15-6-9-19-13-2-5-16(10-12(13)15)14(17)11-3-7-18-8-4-11/h11-13H,2-10H2,1H3/t12-,13-/m1/s1. The average molecular weight is 268 g/mol. The van der Waals surface area contributed by atoms with Crippen LogP contribution in [0.25, 0.3) is 0 Å². The molecule has 19 heavy (non-hydrogen) atoms. The summed E-state index contributed by atoms with van der Waals surface area (Å²) in [4.78, 5) is 16.9. The van der Waals surface area contributed by atoms with Crippen LogP contribution in [0.5, 0.6) is 0 Å². The van der Waals surface area contributed by atoms with Crippen LogP contribution in [0.1, 0.15) is 19.3 Å². The number of carbonyl (C=O) groups excluding carboxylic acids is 1. The molecule has 3 fully saturated rings. The molecule has 3 heterocycles. The second-order valence-electron chi connectivity index (χ2n) is 5.92. The van der Waals surface area contributed by atoms with Crippen LogP contribution in [0, 0.1) is 5.92 Å². The first-order valence-electron chi connectivity index (χ1n) is 7.44. The van der Waals surface area contributed by atoms with Gasteiger partial charge in [0.15, 0.2) is 0 Å². The Hall–Kier alpha value is -0.650. The van der Waals surface area contributed by atoms with Gasteiger partial charge in [0.2, 0.25) is 5.91 Å². The first-order valence-corrected chi connectivity index (χ1v) is 7.44. The zero-order valence-electron chi connectivity index (χ0n) is 11.7. The summed E-state index contributed by atoms with van der Waals surface area (Å²) in [6.07, 6.45) is 3.06. The molecule has 3 rings (SSSR count). The number of ether oxygens (including phenoxy) is 2. The van der Waals surface area contributed by atoms with E-state index in [4.69, 9.17) is 9.47 Å². The van der Waals surface area contributed by atoms with Gasteiger partial charge in [0.05, 0.1) is 18.8 Å². The summed E-state index contributed by atoms with van der Waals surface area (Å²) in [7, 11) is 2.14. The lowest BCUT2D eigenvalue weighted by Gasteiger charge is -2.46. The minimum atomic E-state index is 0.181. The molecule has 3 saturated heterocycles. The van der Waals surface area contributed by atoms with Gasteiger partial charge < -0.3 is 14.4 Å². The fraction of sp³-hybridized carbons (Fsp3) is 0.929. The summed E-state index contributed by atoms with van der Waals surface area (Å²) in [5, 5.41) is 0. The Labute approximate surface area is 114 Å². The number of likely N-dealkylation sites (tertiary alicyclic amines) is 1. The lowest BCUT2D eigenvalue weighted by atomic mass is 9.94. The quantitative estimate of drug-likeness (QED) is 0.688. The highest BCUT2D eigenvalue weighted by molar-refractivity contribution is 5.79. The van der Waals surface area contributed by atoms with E-state index in [1.807, 2.05) is 0 Å². The molecular formula is C14H24N2O3. The van der Waals surface area contributed by atoms with Crippen molar-refractivity contribution >= 4 is 5.91 Å². The SMILES string of the molecule is CN1CCO[C@@H]2CCN(C(=O)C3CCOCC3)C[C@H]21. The van der Waals surface area contributed by atoms with Gasteiger partial charge >= 0.3 is 0 Å². The van der Waals surface area contributed by atoms with E-state index in [0.29, 0.717) is 18.1 Å². The second kappa shape index (κ2) is 5.77. The maximum atomic E-state index is 12.5. The van der Waals surface area contributed by atoms with Gasteiger partial charge in [-0.3, -0.25) is 9.69 Å². The van der Waals surface area contributed by atoms with Crippen molar-refractivity contribution in [1.82, 2.24) is 9.80 Å². The molecule has 5 heteroatoms. The largest absolute Gasteiger partial charge is 0.381 e. The number of amides is 1. The molecule has 0 spiro atoms. The van der Waals surface area contributed by atoms with Gasteiger partial charge in [0, 0.05) is 38.8 Å². The molecule has 3 aliphatic heterocycles. The summed E-state index contributed by atoms with van der Waals surface area (Å²) in [6, 6.07) is 0.381. The van der Waals surface area contributed by atoms with Crippen molar-refractivity contribution in [3.05, 3.63) is 0 Å². The van der Waals surface area contributed by atoms with Crippen molar-refractivity contribution in [3.8, 4) is 0 Å². The lowest BCUT2D eigenvalue weighted by molar-refractivity contribution is -0.148. The number of hydrogen-bond acceptors (Lipinski definition) is 4. The van der Waals surface area contributed by atoms with E-state index in [1.165, 1.54) is 0 Å². The van der Waals surface area contributed by atoms with E-state index in [1.54, 1.807) is 0 Å². The summed E-state index contributed by atoms with van der Waals surface area (Å²) < 4.78 is 11.2. The van der Waals surface area contributed by atoms with Gasteiger partial charge in [-0.1, -0.05) is 0 Å². The number of carbonyl (C=O) groups is 1. The topological polar surface area (TPSA) is 42.0 Å². The predicted molar refractivity (Wildman–Crippen MR) is 70.9 cm³/mol. The van der Waals surface area contributed by atoms with Crippen LogP contribution in [0.3, 0.4) is 0 Å². The number of nitrogens with zero attached hydrogens (tertiary/aromatic N) is 2. The summed E-state index contributed by atoms with van der Waals surface area (Å²) in [6.45, 7) is 4.95. The average Bonchev–Trinajstić information content (AvgIpc) is 2.47. The molecule has 0 bridgehead atoms. The molecule has 0 saturated carbocycles. The zero-order chi connectivity index (χ0) is 13.2. The van der Waals surface area contributed by atoms with E-state index in [-0.39, 0.29) is 5.92 Å². The molecule has 5 nitrogen and oxygen atoms in total. The maximum Gasteiger partial charge on any atom is 0.225 e. The van der Waals surface area contributed by atoms with Crippen LogP contribution in [0.2, 0.25) is 0 Å². The fourth-order valence-electron chi connectivity index (χ4n) is 3.44. The highest BCUT2D eigenvalue weighted by Crippen LogP contribution is 2.25. The number of fused-ring (bicyclic) bond motifs is 1. The first kappa shape index (κ1) is 13.3. The summed E-state index contributed by atoms with van der Waals surface area (Å²) in [5.41, 5.74) is 0. The van der Waals surface area contributed by atoms with Crippen molar-refractivity contribution < 1.29 is 14.3 Å². The van der Waals surface area contributed by atoms with Gasteiger partial charge in [-0.05, 0) is 26.3 Å². The molecule has 0 N–H and O–H groups in total. The van der Waals surface area contributed by atoms with Gasteiger partial charge in [0.25, 0.3) is 0 Å². The maximum absolute atomic E-state index is 12.5. The Morgan fingerprint density at radius 1 is 1.11 bits per heavy atom. The van der Waals surface area contributed by atoms with Gasteiger partial charge in [-0.25, -0.2) is 0 Å². The second-order valence-corrected chi connectivity index (χ2v) is 5.92. The van der Waals surface area contributed by atoms with Crippen LogP contribution >= 0.6 is 0 Å². The van der Waals surface area contributed by atoms with Gasteiger partial charge in [0.1, 0.15) is 0 Å². The number of hydrogen-bond donors (Lipinski definition) is 0. The normalized spacial score (nSPS) is 34.1. The molecule has 3 aliphatic rings. The molecule has 0 aliphatic carbocycles. The molecule has 108 valence electrons. The monoisotopic (exact) mass is 268 g/mol. The van der Waals surface area contributed by atoms with E-state index >= 15 is 0 Å². The molecule has 0 unspecified atom stereocenters. The van der Waals surface area contributed by atoms with Crippen molar-refractivity contribution in [2.75, 3.05) is 46.5 Å².